The first-order valence-electron chi connectivity index (χ1n) is 6.26. The van der Waals surface area contributed by atoms with Crippen LogP contribution in [0.4, 0.5) is 5.69 Å². The van der Waals surface area contributed by atoms with Crippen LogP contribution in [0.2, 0.25) is 0 Å². The Hall–Kier alpha value is -1.98. The zero-order valence-electron chi connectivity index (χ0n) is 12.3. The number of amides is 2. The first-order valence-corrected chi connectivity index (χ1v) is 6.26. The van der Waals surface area contributed by atoms with E-state index in [9.17, 15) is 9.59 Å². The molecular weight excluding hydrogens is 325 g/mol. The molecule has 1 heterocycles. The summed E-state index contributed by atoms with van der Waals surface area (Å²) in [5.74, 6) is -0.854. The van der Waals surface area contributed by atoms with E-state index >= 15 is 0 Å². The Labute approximate surface area is 141 Å². The molecule has 0 saturated carbocycles. The highest BCUT2D eigenvalue weighted by molar-refractivity contribution is 6.02. The van der Waals surface area contributed by atoms with Gasteiger partial charge in [0.05, 0.1) is 0 Å². The van der Waals surface area contributed by atoms with E-state index in [1.54, 1.807) is 25.2 Å². The number of aryl methyl sites for hydroxylation is 1. The van der Waals surface area contributed by atoms with Gasteiger partial charge in [-0.15, -0.1) is 24.8 Å². The van der Waals surface area contributed by atoms with Gasteiger partial charge in [0.15, 0.2) is 0 Å². The second kappa shape index (κ2) is 7.87. The number of rotatable bonds is 3. The molecule has 0 spiro atoms. The Morgan fingerprint density at radius 1 is 1.18 bits per heavy atom. The van der Waals surface area contributed by atoms with Crippen molar-refractivity contribution in [2.75, 3.05) is 5.32 Å². The summed E-state index contributed by atoms with van der Waals surface area (Å²) < 4.78 is 0. The number of hydrogen-bond donors (Lipinski definition) is 3. The SMILES string of the molecule is Cc1ccc(NC(=O)C2(C)C=CC=C(C(N)=O)N2)cc1.Cl.Cl. The zero-order valence-corrected chi connectivity index (χ0v) is 13.9. The summed E-state index contributed by atoms with van der Waals surface area (Å²) in [6.45, 7) is 3.66. The van der Waals surface area contributed by atoms with Gasteiger partial charge in [0.25, 0.3) is 11.8 Å². The molecule has 1 aliphatic rings. The molecule has 0 radical (unpaired) electrons. The topological polar surface area (TPSA) is 84.2 Å². The minimum Gasteiger partial charge on any atom is -0.364 e. The van der Waals surface area contributed by atoms with Crippen molar-refractivity contribution in [3.05, 3.63) is 53.8 Å². The Bertz CT molecular complexity index is 612. The van der Waals surface area contributed by atoms with Gasteiger partial charge in [0.1, 0.15) is 11.2 Å². The average molecular weight is 344 g/mol. The summed E-state index contributed by atoms with van der Waals surface area (Å²) in [5.41, 5.74) is 6.24. The highest BCUT2D eigenvalue weighted by Gasteiger charge is 2.33. The van der Waals surface area contributed by atoms with Crippen molar-refractivity contribution < 1.29 is 9.59 Å². The van der Waals surface area contributed by atoms with Crippen LogP contribution in [-0.4, -0.2) is 17.4 Å². The first kappa shape index (κ1) is 20.0. The third kappa shape index (κ3) is 4.51. The lowest BCUT2D eigenvalue weighted by molar-refractivity contribution is -0.120. The van der Waals surface area contributed by atoms with Gasteiger partial charge >= 0.3 is 0 Å². The molecule has 1 unspecified atom stereocenters. The highest BCUT2D eigenvalue weighted by atomic mass is 35.5. The van der Waals surface area contributed by atoms with Crippen LogP contribution in [0.15, 0.2) is 48.2 Å². The molecule has 0 bridgehead atoms. The fraction of sp³-hybridized carbons (Fsp3) is 0.200. The molecule has 22 heavy (non-hydrogen) atoms. The van der Waals surface area contributed by atoms with Gasteiger partial charge < -0.3 is 16.4 Å². The number of allylic oxidation sites excluding steroid dienone is 2. The van der Waals surface area contributed by atoms with Gasteiger partial charge in [-0.25, -0.2) is 0 Å². The van der Waals surface area contributed by atoms with Gasteiger partial charge in [0, 0.05) is 5.69 Å². The van der Waals surface area contributed by atoms with Gasteiger partial charge in [-0.3, -0.25) is 9.59 Å². The maximum Gasteiger partial charge on any atom is 0.264 e. The molecule has 5 nitrogen and oxygen atoms in total. The van der Waals surface area contributed by atoms with E-state index in [4.69, 9.17) is 5.73 Å². The average Bonchev–Trinajstić information content (AvgIpc) is 2.41. The van der Waals surface area contributed by atoms with Crippen molar-refractivity contribution in [1.82, 2.24) is 5.32 Å². The van der Waals surface area contributed by atoms with Crippen LogP contribution in [0.3, 0.4) is 0 Å². The number of primary amides is 1. The van der Waals surface area contributed by atoms with Crippen LogP contribution in [0.1, 0.15) is 12.5 Å². The normalized spacial score (nSPS) is 18.9. The number of benzene rings is 1. The molecule has 7 heteroatoms. The van der Waals surface area contributed by atoms with E-state index in [-0.39, 0.29) is 36.4 Å². The lowest BCUT2D eigenvalue weighted by Crippen LogP contribution is -2.53. The van der Waals surface area contributed by atoms with Crippen LogP contribution in [0.5, 0.6) is 0 Å². The summed E-state index contributed by atoms with van der Waals surface area (Å²) in [6.07, 6.45) is 4.87. The summed E-state index contributed by atoms with van der Waals surface area (Å²) in [6, 6.07) is 7.48. The number of nitrogens with one attached hydrogen (secondary N) is 2. The van der Waals surface area contributed by atoms with Crippen LogP contribution in [-0.2, 0) is 9.59 Å². The Kier molecular flexibility index (Phi) is 7.16. The van der Waals surface area contributed by atoms with E-state index in [0.29, 0.717) is 5.69 Å². The fourth-order valence-electron chi connectivity index (χ4n) is 1.87. The predicted molar refractivity (Wildman–Crippen MR) is 92.3 cm³/mol. The predicted octanol–water partition coefficient (Wildman–Crippen LogP) is 2.06. The lowest BCUT2D eigenvalue weighted by atomic mass is 9.96. The summed E-state index contributed by atoms with van der Waals surface area (Å²) in [5, 5.41) is 5.66. The van der Waals surface area contributed by atoms with E-state index in [1.807, 2.05) is 31.2 Å². The van der Waals surface area contributed by atoms with Crippen LogP contribution < -0.4 is 16.4 Å². The quantitative estimate of drug-likeness (QED) is 0.785. The van der Waals surface area contributed by atoms with Crippen LogP contribution in [0.25, 0.3) is 0 Å². The molecule has 4 N–H and O–H groups in total. The van der Waals surface area contributed by atoms with E-state index in [0.717, 1.165) is 5.56 Å². The zero-order chi connectivity index (χ0) is 14.8. The smallest absolute Gasteiger partial charge is 0.264 e. The standard InChI is InChI=1S/C15H17N3O2.2ClH/c1-10-5-7-11(8-6-10)17-14(20)15(2)9-3-4-12(18-15)13(16)19;;/h3-9,18H,1-2H3,(H2,16,19)(H,17,20);2*1H. The molecule has 1 atom stereocenters. The number of hydrogen-bond acceptors (Lipinski definition) is 3. The van der Waals surface area contributed by atoms with Crippen molar-refractivity contribution in [3.8, 4) is 0 Å². The van der Waals surface area contributed by atoms with Crippen molar-refractivity contribution in [3.63, 3.8) is 0 Å². The third-order valence-corrected chi connectivity index (χ3v) is 3.13. The maximum atomic E-state index is 12.3. The molecule has 2 amide bonds. The molecule has 0 aliphatic carbocycles. The number of nitrogens with two attached hydrogens (primary N) is 1. The molecule has 0 fully saturated rings. The van der Waals surface area contributed by atoms with E-state index < -0.39 is 11.4 Å². The molecule has 2 rings (SSSR count). The lowest BCUT2D eigenvalue weighted by Gasteiger charge is -2.30. The maximum absolute atomic E-state index is 12.3. The number of carbonyl (C=O) groups is 2. The minimum absolute atomic E-state index is 0. The van der Waals surface area contributed by atoms with Gasteiger partial charge in [0.2, 0.25) is 0 Å². The van der Waals surface area contributed by atoms with Crippen molar-refractivity contribution >= 4 is 42.3 Å². The summed E-state index contributed by atoms with van der Waals surface area (Å²) in [4.78, 5) is 23.5. The number of dihydropyridines is 1. The fourth-order valence-corrected chi connectivity index (χ4v) is 1.87. The molecule has 0 saturated heterocycles. The third-order valence-electron chi connectivity index (χ3n) is 3.13. The summed E-state index contributed by atoms with van der Waals surface area (Å²) >= 11 is 0. The first-order chi connectivity index (χ1) is 9.40. The van der Waals surface area contributed by atoms with E-state index in [1.165, 1.54) is 0 Å². The van der Waals surface area contributed by atoms with Crippen molar-refractivity contribution in [2.24, 2.45) is 5.73 Å². The second-order valence-corrected chi connectivity index (χ2v) is 4.95. The van der Waals surface area contributed by atoms with Gasteiger partial charge in [-0.2, -0.15) is 0 Å². The Morgan fingerprint density at radius 3 is 2.32 bits per heavy atom. The Balaban J connectivity index is 0.00000220. The van der Waals surface area contributed by atoms with Crippen molar-refractivity contribution in [1.29, 1.82) is 0 Å². The van der Waals surface area contributed by atoms with Gasteiger partial charge in [-0.05, 0) is 32.1 Å². The van der Waals surface area contributed by atoms with E-state index in [2.05, 4.69) is 10.6 Å². The molecular formula is C15H19Cl2N3O2. The summed E-state index contributed by atoms with van der Waals surface area (Å²) in [7, 11) is 0. The number of anilines is 1. The molecule has 1 aromatic carbocycles. The van der Waals surface area contributed by atoms with Crippen molar-refractivity contribution in [2.45, 2.75) is 19.4 Å². The number of halogens is 2. The monoisotopic (exact) mass is 343 g/mol. The highest BCUT2D eigenvalue weighted by Crippen LogP contribution is 2.17. The van der Waals surface area contributed by atoms with Gasteiger partial charge in [-0.1, -0.05) is 29.8 Å². The second-order valence-electron chi connectivity index (χ2n) is 4.95. The van der Waals surface area contributed by atoms with Crippen LogP contribution in [0, 0.1) is 6.92 Å². The molecule has 1 aromatic rings. The molecule has 120 valence electrons. The molecule has 0 aromatic heterocycles. The molecule has 1 aliphatic heterocycles. The largest absolute Gasteiger partial charge is 0.364 e. The van der Waals surface area contributed by atoms with Crippen LogP contribution >= 0.6 is 24.8 Å². The Morgan fingerprint density at radius 2 is 1.77 bits per heavy atom. The minimum atomic E-state index is -1.01. The number of carbonyl (C=O) groups excluding carboxylic acids is 2.